The van der Waals surface area contributed by atoms with Crippen LogP contribution in [0.1, 0.15) is 85.4 Å². The summed E-state index contributed by atoms with van der Waals surface area (Å²) in [6.07, 6.45) is 14.3. The molecular weight excluding hydrogens is 470 g/mol. The number of imidazole rings is 1. The molecule has 0 spiro atoms. The minimum atomic E-state index is -0.134. The number of hydrogen-bond acceptors (Lipinski definition) is 3. The molecule has 0 aliphatic carbocycles. The summed E-state index contributed by atoms with van der Waals surface area (Å²) in [4.78, 5) is 26.2. The third-order valence-corrected chi connectivity index (χ3v) is 6.54. The lowest BCUT2D eigenvalue weighted by molar-refractivity contribution is -0.123. The van der Waals surface area contributed by atoms with E-state index >= 15 is 0 Å². The molecule has 0 saturated heterocycles. The van der Waals surface area contributed by atoms with Crippen molar-refractivity contribution in [3.63, 3.8) is 0 Å². The number of para-hydroxylation sites is 1. The van der Waals surface area contributed by atoms with Crippen LogP contribution in [0.5, 0.6) is 0 Å². The monoisotopic (exact) mass is 521 g/mol. The maximum Gasteiger partial charge on any atom is 0.245 e. The van der Waals surface area contributed by atoms with Crippen molar-refractivity contribution in [1.29, 1.82) is 0 Å². The van der Waals surface area contributed by atoms with E-state index in [9.17, 15) is 4.79 Å². The summed E-state index contributed by atoms with van der Waals surface area (Å²) in [5.41, 5.74) is 3.91. The maximum absolute atomic E-state index is 11.7. The molecule has 3 heterocycles. The van der Waals surface area contributed by atoms with Crippen LogP contribution < -0.4 is 5.32 Å². The molecule has 0 fully saturated rings. The Labute approximate surface area is 230 Å². The van der Waals surface area contributed by atoms with Gasteiger partial charge in [0.2, 0.25) is 5.91 Å². The Kier molecular flexibility index (Phi) is 13.9. The number of aromatic nitrogens is 3. The average Bonchev–Trinajstić information content (AvgIpc) is 3.61. The highest BCUT2D eigenvalue weighted by molar-refractivity contribution is 5.85. The lowest BCUT2D eigenvalue weighted by atomic mass is 10.0. The lowest BCUT2D eigenvalue weighted by Crippen LogP contribution is -2.36. The zero-order valence-electron chi connectivity index (χ0n) is 24.8. The van der Waals surface area contributed by atoms with Gasteiger partial charge in [-0.15, -0.1) is 0 Å². The quantitative estimate of drug-likeness (QED) is 0.243. The van der Waals surface area contributed by atoms with E-state index in [1.807, 2.05) is 12.4 Å². The zero-order valence-corrected chi connectivity index (χ0v) is 24.8. The Balaban J connectivity index is 0.000000208. The summed E-state index contributed by atoms with van der Waals surface area (Å²) in [6.45, 7) is 16.2. The summed E-state index contributed by atoms with van der Waals surface area (Å²) >= 11 is 0. The van der Waals surface area contributed by atoms with Crippen molar-refractivity contribution < 1.29 is 4.79 Å². The van der Waals surface area contributed by atoms with Crippen molar-refractivity contribution in [2.75, 3.05) is 6.54 Å². The number of carbonyl (C=O) groups excluding carboxylic acids is 1. The van der Waals surface area contributed by atoms with Gasteiger partial charge in [0.25, 0.3) is 0 Å². The molecule has 3 aromatic rings. The van der Waals surface area contributed by atoms with Gasteiger partial charge >= 0.3 is 0 Å². The number of nitrogens with one attached hydrogen (secondary N) is 3. The Morgan fingerprint density at radius 1 is 1.00 bits per heavy atom. The first-order valence-electron chi connectivity index (χ1n) is 14.5. The van der Waals surface area contributed by atoms with Crippen LogP contribution in [0, 0.1) is 23.7 Å². The van der Waals surface area contributed by atoms with Crippen molar-refractivity contribution in [3.05, 3.63) is 54.2 Å². The van der Waals surface area contributed by atoms with Crippen molar-refractivity contribution in [2.45, 2.75) is 93.0 Å². The van der Waals surface area contributed by atoms with Crippen LogP contribution in [-0.4, -0.2) is 39.7 Å². The van der Waals surface area contributed by atoms with E-state index in [2.05, 4.69) is 104 Å². The molecular formula is C32H51N5O. The van der Waals surface area contributed by atoms with Gasteiger partial charge in [-0.3, -0.25) is 9.79 Å². The van der Waals surface area contributed by atoms with E-state index in [1.165, 1.54) is 35.0 Å². The summed E-state index contributed by atoms with van der Waals surface area (Å²) in [7, 11) is 0. The highest BCUT2D eigenvalue weighted by Gasteiger charge is 2.26. The number of carbonyl (C=O) groups is 1. The molecule has 6 heteroatoms. The molecule has 3 N–H and O–H groups in total. The number of hydrogen-bond donors (Lipinski definition) is 3. The Hall–Kier alpha value is -2.89. The molecule has 2 atom stereocenters. The Morgan fingerprint density at radius 3 is 2.34 bits per heavy atom. The second-order valence-corrected chi connectivity index (χ2v) is 11.8. The molecule has 0 bridgehead atoms. The highest BCUT2D eigenvalue weighted by atomic mass is 16.2. The van der Waals surface area contributed by atoms with Crippen molar-refractivity contribution in [2.24, 2.45) is 28.7 Å². The molecule has 38 heavy (non-hydrogen) atoms. The summed E-state index contributed by atoms with van der Waals surface area (Å²) < 4.78 is 0. The SMILES string of the molecule is CC(C)CCCCNC(=O)C1N=CCC1C.CC(C)Cc1c[nH]c2ccccc12.CC(C)Cc1cnc[nH]1. The number of fused-ring (bicyclic) bond motifs is 1. The van der Waals surface area contributed by atoms with E-state index in [0.29, 0.717) is 11.8 Å². The Bertz CT molecular complexity index is 1060. The van der Waals surface area contributed by atoms with Crippen LogP contribution >= 0.6 is 0 Å². The van der Waals surface area contributed by atoms with Gasteiger partial charge in [-0.25, -0.2) is 4.98 Å². The van der Waals surface area contributed by atoms with Gasteiger partial charge in [0.1, 0.15) is 6.04 Å². The largest absolute Gasteiger partial charge is 0.361 e. The van der Waals surface area contributed by atoms with Gasteiger partial charge in [-0.2, -0.15) is 0 Å². The molecule has 1 aliphatic heterocycles. The van der Waals surface area contributed by atoms with E-state index in [4.69, 9.17) is 0 Å². The van der Waals surface area contributed by atoms with Crippen LogP contribution in [0.3, 0.4) is 0 Å². The second-order valence-electron chi connectivity index (χ2n) is 11.8. The van der Waals surface area contributed by atoms with E-state index in [0.717, 1.165) is 44.1 Å². The van der Waals surface area contributed by atoms with Crippen LogP contribution in [0.25, 0.3) is 10.9 Å². The minimum Gasteiger partial charge on any atom is -0.361 e. The summed E-state index contributed by atoms with van der Waals surface area (Å²) in [6, 6.07) is 8.34. The zero-order chi connectivity index (χ0) is 27.9. The fourth-order valence-electron chi connectivity index (χ4n) is 4.51. The second kappa shape index (κ2) is 16.8. The number of rotatable bonds is 10. The third-order valence-electron chi connectivity index (χ3n) is 6.54. The number of aliphatic imine (C=N–C) groups is 1. The van der Waals surface area contributed by atoms with E-state index in [1.54, 1.807) is 6.33 Å². The number of unbranched alkanes of at least 4 members (excludes halogenated alkanes) is 1. The normalized spacial score (nSPS) is 16.5. The van der Waals surface area contributed by atoms with Crippen LogP contribution in [0.4, 0.5) is 0 Å². The molecule has 4 rings (SSSR count). The number of nitrogens with zero attached hydrogens (tertiary/aromatic N) is 2. The van der Waals surface area contributed by atoms with Gasteiger partial charge in [-0.1, -0.05) is 79.5 Å². The lowest BCUT2D eigenvalue weighted by Gasteiger charge is -2.13. The number of benzene rings is 1. The molecule has 6 nitrogen and oxygen atoms in total. The van der Waals surface area contributed by atoms with Crippen LogP contribution in [0.15, 0.2) is 48.0 Å². The standard InChI is InChI=1S/C13H24N2O.C12H15N.C7H12N2/c1-10(2)6-4-5-8-15-13(16)12-11(3)7-9-14-12;1-9(2)7-10-8-13-12-6-4-3-5-11(10)12;1-6(2)3-7-4-8-5-9-7/h9-12H,4-8H2,1-3H3,(H,15,16);3-6,8-9,13H,7H2,1-2H3;4-6H,3H2,1-2H3,(H,8,9). The fourth-order valence-corrected chi connectivity index (χ4v) is 4.51. The summed E-state index contributed by atoms with van der Waals surface area (Å²) in [5.74, 6) is 2.67. The number of amides is 1. The first-order chi connectivity index (χ1) is 18.2. The summed E-state index contributed by atoms with van der Waals surface area (Å²) in [5, 5.41) is 4.35. The van der Waals surface area contributed by atoms with Gasteiger partial charge in [0.15, 0.2) is 0 Å². The third kappa shape index (κ3) is 11.7. The van der Waals surface area contributed by atoms with Gasteiger partial charge in [0.05, 0.1) is 6.33 Å². The highest BCUT2D eigenvalue weighted by Crippen LogP contribution is 2.20. The average molecular weight is 522 g/mol. The first kappa shape index (κ1) is 31.3. The van der Waals surface area contributed by atoms with Crippen molar-refractivity contribution >= 4 is 23.0 Å². The van der Waals surface area contributed by atoms with E-state index < -0.39 is 0 Å². The molecule has 210 valence electrons. The molecule has 1 aromatic carbocycles. The Morgan fingerprint density at radius 2 is 1.74 bits per heavy atom. The molecule has 2 unspecified atom stereocenters. The predicted molar refractivity (Wildman–Crippen MR) is 162 cm³/mol. The molecule has 2 aromatic heterocycles. The van der Waals surface area contributed by atoms with Crippen molar-refractivity contribution in [1.82, 2.24) is 20.3 Å². The predicted octanol–water partition coefficient (Wildman–Crippen LogP) is 7.38. The molecule has 0 radical (unpaired) electrons. The maximum atomic E-state index is 11.7. The van der Waals surface area contributed by atoms with Gasteiger partial charge in [0, 0.05) is 41.7 Å². The van der Waals surface area contributed by atoms with Gasteiger partial charge < -0.3 is 15.3 Å². The smallest absolute Gasteiger partial charge is 0.245 e. The van der Waals surface area contributed by atoms with Crippen LogP contribution in [0.2, 0.25) is 0 Å². The van der Waals surface area contributed by atoms with E-state index in [-0.39, 0.29) is 11.9 Å². The number of aromatic amines is 2. The van der Waals surface area contributed by atoms with Crippen molar-refractivity contribution in [3.8, 4) is 0 Å². The molecule has 1 amide bonds. The molecule has 0 saturated carbocycles. The fraction of sp³-hybridized carbons (Fsp3) is 0.594. The minimum absolute atomic E-state index is 0.103. The first-order valence-corrected chi connectivity index (χ1v) is 14.5. The number of H-pyrrole nitrogens is 2. The molecule has 1 aliphatic rings. The topological polar surface area (TPSA) is 85.9 Å². The van der Waals surface area contributed by atoms with Gasteiger partial charge in [-0.05, 0) is 61.0 Å². The van der Waals surface area contributed by atoms with Crippen LogP contribution in [-0.2, 0) is 17.6 Å².